The van der Waals surface area contributed by atoms with Gasteiger partial charge in [0.25, 0.3) is 0 Å². The van der Waals surface area contributed by atoms with Crippen molar-refractivity contribution in [2.75, 3.05) is 0 Å². The highest BCUT2D eigenvalue weighted by Crippen LogP contribution is 2.43. The minimum Gasteiger partial charge on any atom is -0.481 e. The van der Waals surface area contributed by atoms with Crippen molar-refractivity contribution in [1.29, 1.82) is 0 Å². The van der Waals surface area contributed by atoms with Crippen molar-refractivity contribution < 1.29 is 34.1 Å². The van der Waals surface area contributed by atoms with Crippen molar-refractivity contribution in [2.45, 2.75) is 26.2 Å². The fourth-order valence-corrected chi connectivity index (χ4v) is 3.44. The van der Waals surface area contributed by atoms with Crippen LogP contribution in [0.5, 0.6) is 0 Å². The van der Waals surface area contributed by atoms with Crippen LogP contribution in [0.3, 0.4) is 0 Å². The molecule has 1 saturated carbocycles. The smallest absolute Gasteiger partial charge is 0.317 e. The number of esters is 2. The van der Waals surface area contributed by atoms with E-state index in [2.05, 4.69) is 4.74 Å². The molecule has 7 nitrogen and oxygen atoms in total. The molecule has 0 amide bonds. The predicted molar refractivity (Wildman–Crippen MR) is 63.3 cm³/mol. The Hall–Kier alpha value is -1.92. The molecule has 2 aliphatic rings. The molecule has 1 aliphatic carbocycles. The Morgan fingerprint density at radius 1 is 1.15 bits per heavy atom. The monoisotopic (exact) mass is 284 g/mol. The Morgan fingerprint density at radius 3 is 2.25 bits per heavy atom. The van der Waals surface area contributed by atoms with E-state index in [1.165, 1.54) is 0 Å². The van der Waals surface area contributed by atoms with E-state index in [-0.39, 0.29) is 24.7 Å². The molecule has 0 radical (unpaired) electrons. The quantitative estimate of drug-likeness (QED) is 0.573. The number of ether oxygens (including phenoxy) is 1. The molecule has 0 bridgehead atoms. The first-order valence-electron chi connectivity index (χ1n) is 6.51. The van der Waals surface area contributed by atoms with Gasteiger partial charge >= 0.3 is 23.9 Å². The lowest BCUT2D eigenvalue weighted by Gasteiger charge is -2.37. The lowest BCUT2D eigenvalue weighted by molar-refractivity contribution is -0.161. The highest BCUT2D eigenvalue weighted by Gasteiger charge is 2.49. The number of cyclic esters (lactones) is 2. The van der Waals surface area contributed by atoms with Crippen LogP contribution in [0.4, 0.5) is 0 Å². The summed E-state index contributed by atoms with van der Waals surface area (Å²) in [6, 6.07) is 0. The molecule has 2 fully saturated rings. The summed E-state index contributed by atoms with van der Waals surface area (Å²) in [5.74, 6) is -6.84. The molecule has 5 atom stereocenters. The number of carbonyl (C=O) groups is 4. The number of aliphatic carboxylic acids is 2. The van der Waals surface area contributed by atoms with Gasteiger partial charge in [0, 0.05) is 0 Å². The molecule has 2 N–H and O–H groups in total. The van der Waals surface area contributed by atoms with E-state index in [1.54, 1.807) is 6.92 Å². The van der Waals surface area contributed by atoms with Gasteiger partial charge in [-0.25, -0.2) is 0 Å². The van der Waals surface area contributed by atoms with Gasteiger partial charge in [-0.2, -0.15) is 0 Å². The Balaban J connectivity index is 2.19. The van der Waals surface area contributed by atoms with Gasteiger partial charge in [0.2, 0.25) is 0 Å². The van der Waals surface area contributed by atoms with E-state index in [0.29, 0.717) is 6.42 Å². The molecule has 5 unspecified atom stereocenters. The topological polar surface area (TPSA) is 118 Å². The maximum absolute atomic E-state index is 11.6. The normalized spacial score (nSPS) is 37.5. The summed E-state index contributed by atoms with van der Waals surface area (Å²) in [5, 5.41) is 18.4. The maximum Gasteiger partial charge on any atom is 0.317 e. The molecule has 1 saturated heterocycles. The molecule has 1 aliphatic heterocycles. The number of carboxylic acid groups (broad SMARTS) is 2. The lowest BCUT2D eigenvalue weighted by atomic mass is 9.65. The van der Waals surface area contributed by atoms with Crippen molar-refractivity contribution >= 4 is 23.9 Å². The van der Waals surface area contributed by atoms with Gasteiger partial charge < -0.3 is 14.9 Å². The average molecular weight is 284 g/mol. The van der Waals surface area contributed by atoms with E-state index in [0.717, 1.165) is 0 Å². The third kappa shape index (κ3) is 2.52. The minimum atomic E-state index is -1.17. The fraction of sp³-hybridized carbons (Fsp3) is 0.692. The van der Waals surface area contributed by atoms with Crippen LogP contribution in [0.25, 0.3) is 0 Å². The third-order valence-corrected chi connectivity index (χ3v) is 4.35. The number of hydrogen-bond acceptors (Lipinski definition) is 5. The fourth-order valence-electron chi connectivity index (χ4n) is 3.44. The summed E-state index contributed by atoms with van der Waals surface area (Å²) in [6.45, 7) is 1.67. The summed E-state index contributed by atoms with van der Waals surface area (Å²) in [5.41, 5.74) is 0. The molecule has 0 aromatic rings. The van der Waals surface area contributed by atoms with Gasteiger partial charge in [-0.1, -0.05) is 6.92 Å². The summed E-state index contributed by atoms with van der Waals surface area (Å²) in [7, 11) is 0. The van der Waals surface area contributed by atoms with Crippen LogP contribution in [-0.4, -0.2) is 34.1 Å². The number of rotatable bonds is 3. The van der Waals surface area contributed by atoms with Gasteiger partial charge in [-0.05, 0) is 24.7 Å². The van der Waals surface area contributed by atoms with Crippen LogP contribution in [0, 0.1) is 29.6 Å². The number of hydrogen-bond donors (Lipinski definition) is 2. The van der Waals surface area contributed by atoms with E-state index >= 15 is 0 Å². The largest absolute Gasteiger partial charge is 0.481 e. The molecular weight excluding hydrogens is 268 g/mol. The molecular formula is C13H16O7. The van der Waals surface area contributed by atoms with Gasteiger partial charge in [-0.15, -0.1) is 0 Å². The van der Waals surface area contributed by atoms with Crippen LogP contribution in [-0.2, 0) is 23.9 Å². The minimum absolute atomic E-state index is 0.0414. The van der Waals surface area contributed by atoms with Crippen LogP contribution in [0.1, 0.15) is 26.2 Å². The Morgan fingerprint density at radius 2 is 1.80 bits per heavy atom. The first-order valence-corrected chi connectivity index (χ1v) is 6.51. The van der Waals surface area contributed by atoms with Crippen LogP contribution < -0.4 is 0 Å². The second-order valence-corrected chi connectivity index (χ2v) is 5.62. The Labute approximate surface area is 114 Å². The molecule has 110 valence electrons. The van der Waals surface area contributed by atoms with E-state index in [9.17, 15) is 24.3 Å². The zero-order valence-corrected chi connectivity index (χ0v) is 10.9. The molecule has 7 heteroatoms. The molecule has 2 rings (SSSR count). The molecule has 20 heavy (non-hydrogen) atoms. The van der Waals surface area contributed by atoms with E-state index in [4.69, 9.17) is 5.11 Å². The summed E-state index contributed by atoms with van der Waals surface area (Å²) in [4.78, 5) is 45.2. The highest BCUT2D eigenvalue weighted by molar-refractivity contribution is 5.94. The molecule has 0 spiro atoms. The second kappa shape index (κ2) is 5.22. The van der Waals surface area contributed by atoms with Crippen molar-refractivity contribution in [1.82, 2.24) is 0 Å². The van der Waals surface area contributed by atoms with Gasteiger partial charge in [0.15, 0.2) is 0 Å². The summed E-state index contributed by atoms with van der Waals surface area (Å²) < 4.78 is 4.49. The zero-order valence-electron chi connectivity index (χ0n) is 10.9. The third-order valence-electron chi connectivity index (χ3n) is 4.35. The zero-order chi connectivity index (χ0) is 15.0. The highest BCUT2D eigenvalue weighted by atomic mass is 16.6. The molecule has 1 heterocycles. The van der Waals surface area contributed by atoms with Gasteiger partial charge in [0.05, 0.1) is 24.2 Å². The van der Waals surface area contributed by atoms with Crippen molar-refractivity contribution in [2.24, 2.45) is 29.6 Å². The standard InChI is InChI=1S/C13H16O7/c1-5-2-6(7-4-9(14)20-13(7)19)3-8(11(15)16)10(5)12(17)18/h5-8,10H,2-4H2,1H3,(H,15,16)(H,17,18). The van der Waals surface area contributed by atoms with Crippen molar-refractivity contribution in [3.8, 4) is 0 Å². The summed E-state index contributed by atoms with van der Waals surface area (Å²) >= 11 is 0. The van der Waals surface area contributed by atoms with E-state index < -0.39 is 41.6 Å². The number of carboxylic acids is 2. The lowest BCUT2D eigenvalue weighted by Crippen LogP contribution is -2.42. The van der Waals surface area contributed by atoms with Crippen molar-refractivity contribution in [3.05, 3.63) is 0 Å². The first kappa shape index (κ1) is 14.5. The Kier molecular flexibility index (Phi) is 3.78. The maximum atomic E-state index is 11.6. The predicted octanol–water partition coefficient (Wildman–Crippen LogP) is 0.524. The first-order chi connectivity index (χ1) is 9.31. The van der Waals surface area contributed by atoms with Crippen LogP contribution in [0.2, 0.25) is 0 Å². The van der Waals surface area contributed by atoms with Gasteiger partial charge in [0.1, 0.15) is 0 Å². The van der Waals surface area contributed by atoms with E-state index in [1.807, 2.05) is 0 Å². The average Bonchev–Trinajstić information content (AvgIpc) is 2.66. The number of carbonyl (C=O) groups excluding carboxylic acids is 2. The van der Waals surface area contributed by atoms with Gasteiger partial charge in [-0.3, -0.25) is 19.2 Å². The summed E-state index contributed by atoms with van der Waals surface area (Å²) in [6.07, 6.45) is 0.456. The Bertz CT molecular complexity index is 469. The molecule has 0 aromatic carbocycles. The molecule has 0 aromatic heterocycles. The second-order valence-electron chi connectivity index (χ2n) is 5.62. The van der Waals surface area contributed by atoms with Crippen molar-refractivity contribution in [3.63, 3.8) is 0 Å². The SMILES string of the molecule is CC1CC(C2CC(=O)OC2=O)CC(C(=O)O)C1C(=O)O. The van der Waals surface area contributed by atoms with Crippen LogP contribution >= 0.6 is 0 Å². The van der Waals surface area contributed by atoms with Crippen LogP contribution in [0.15, 0.2) is 0 Å².